The Labute approximate surface area is 113 Å². The highest BCUT2D eigenvalue weighted by Gasteiger charge is 2.11. The van der Waals surface area contributed by atoms with Crippen LogP contribution in [0, 0.1) is 5.92 Å². The van der Waals surface area contributed by atoms with Crippen LogP contribution in [0.15, 0.2) is 18.5 Å². The lowest BCUT2D eigenvalue weighted by Crippen LogP contribution is -2.20. The maximum absolute atomic E-state index is 3.58. The van der Waals surface area contributed by atoms with E-state index in [1.165, 1.54) is 31.2 Å². The van der Waals surface area contributed by atoms with Crippen molar-refractivity contribution in [2.75, 3.05) is 6.54 Å². The van der Waals surface area contributed by atoms with Crippen molar-refractivity contribution in [3.8, 4) is 0 Å². The zero-order valence-corrected chi connectivity index (χ0v) is 12.6. The summed E-state index contributed by atoms with van der Waals surface area (Å²) in [5, 5.41) is 3.58. The maximum atomic E-state index is 3.58. The van der Waals surface area contributed by atoms with E-state index in [-0.39, 0.29) is 0 Å². The average molecular weight is 250 g/mol. The Balaban J connectivity index is 2.64. The molecule has 0 bridgehead atoms. The van der Waals surface area contributed by atoms with E-state index in [1.54, 1.807) is 0 Å². The number of hydrogen-bond donors (Lipinski definition) is 1. The van der Waals surface area contributed by atoms with Crippen LogP contribution >= 0.6 is 0 Å². The van der Waals surface area contributed by atoms with Gasteiger partial charge in [0, 0.05) is 25.0 Å². The van der Waals surface area contributed by atoms with Crippen LogP contribution in [-0.4, -0.2) is 11.1 Å². The van der Waals surface area contributed by atoms with E-state index in [0.717, 1.165) is 19.0 Å². The fourth-order valence-electron chi connectivity index (χ4n) is 2.55. The summed E-state index contributed by atoms with van der Waals surface area (Å²) in [5.41, 5.74) is 1.45. The van der Waals surface area contributed by atoms with Crippen molar-refractivity contribution in [1.29, 1.82) is 0 Å². The fourth-order valence-corrected chi connectivity index (χ4v) is 2.55. The first kappa shape index (κ1) is 15.3. The molecule has 1 unspecified atom stereocenters. The first-order valence-electron chi connectivity index (χ1n) is 7.64. The van der Waals surface area contributed by atoms with Gasteiger partial charge in [-0.2, -0.15) is 0 Å². The third kappa shape index (κ3) is 4.49. The van der Waals surface area contributed by atoms with Gasteiger partial charge in [-0.1, -0.05) is 47.0 Å². The normalized spacial score (nSPS) is 13.2. The molecule has 0 saturated heterocycles. The van der Waals surface area contributed by atoms with E-state index in [1.807, 2.05) is 0 Å². The predicted molar refractivity (Wildman–Crippen MR) is 79.8 cm³/mol. The zero-order valence-electron chi connectivity index (χ0n) is 12.6. The van der Waals surface area contributed by atoms with Crippen LogP contribution in [-0.2, 0) is 6.54 Å². The molecule has 0 fully saturated rings. The quantitative estimate of drug-likeness (QED) is 0.688. The van der Waals surface area contributed by atoms with Crippen molar-refractivity contribution in [2.24, 2.45) is 5.92 Å². The molecule has 104 valence electrons. The number of nitrogens with zero attached hydrogens (tertiary/aromatic N) is 1. The standard InChI is InChI=1S/C16H30N2/c1-5-9-16(17-8-4)15-10-11-18(13-15)12-14(6-2)7-3/h10-11,13-14,16-17H,5-9,12H2,1-4H3. The molecule has 0 radical (unpaired) electrons. The molecule has 0 saturated carbocycles. The molecular formula is C16H30N2. The summed E-state index contributed by atoms with van der Waals surface area (Å²) in [5.74, 6) is 0.814. The van der Waals surface area contributed by atoms with Gasteiger partial charge in [-0.3, -0.25) is 0 Å². The molecule has 1 rings (SSSR count). The van der Waals surface area contributed by atoms with Crippen LogP contribution in [0.25, 0.3) is 0 Å². The van der Waals surface area contributed by atoms with Crippen LogP contribution in [0.1, 0.15) is 65.0 Å². The molecule has 0 spiro atoms. The maximum Gasteiger partial charge on any atom is 0.0335 e. The van der Waals surface area contributed by atoms with Gasteiger partial charge in [-0.15, -0.1) is 0 Å². The molecule has 0 aromatic carbocycles. The molecule has 1 heterocycles. The van der Waals surface area contributed by atoms with Crippen LogP contribution in [0.5, 0.6) is 0 Å². The molecule has 2 heteroatoms. The molecule has 0 aliphatic heterocycles. The van der Waals surface area contributed by atoms with E-state index >= 15 is 0 Å². The lowest BCUT2D eigenvalue weighted by molar-refractivity contribution is 0.418. The zero-order chi connectivity index (χ0) is 13.4. The topological polar surface area (TPSA) is 17.0 Å². The highest BCUT2D eigenvalue weighted by atomic mass is 15.0. The molecule has 1 N–H and O–H groups in total. The number of rotatable bonds is 9. The Hall–Kier alpha value is -0.760. The second kappa shape index (κ2) is 8.36. The molecular weight excluding hydrogens is 220 g/mol. The Morgan fingerprint density at radius 1 is 1.17 bits per heavy atom. The van der Waals surface area contributed by atoms with E-state index in [4.69, 9.17) is 0 Å². The van der Waals surface area contributed by atoms with Crippen molar-refractivity contribution in [1.82, 2.24) is 9.88 Å². The minimum Gasteiger partial charge on any atom is -0.354 e. The Morgan fingerprint density at radius 2 is 1.89 bits per heavy atom. The monoisotopic (exact) mass is 250 g/mol. The third-order valence-corrected chi connectivity index (χ3v) is 3.83. The molecule has 1 aromatic rings. The summed E-state index contributed by atoms with van der Waals surface area (Å²) in [6, 6.07) is 2.81. The smallest absolute Gasteiger partial charge is 0.0335 e. The van der Waals surface area contributed by atoms with Crippen molar-refractivity contribution in [3.05, 3.63) is 24.0 Å². The first-order chi connectivity index (χ1) is 8.74. The SMILES string of the molecule is CCCC(NCC)c1ccn(CC(CC)CC)c1. The number of aromatic nitrogens is 1. The molecule has 2 nitrogen and oxygen atoms in total. The largest absolute Gasteiger partial charge is 0.354 e. The van der Waals surface area contributed by atoms with Crippen LogP contribution in [0.2, 0.25) is 0 Å². The van der Waals surface area contributed by atoms with Crippen molar-refractivity contribution < 1.29 is 0 Å². The molecule has 0 aliphatic carbocycles. The average Bonchev–Trinajstić information content (AvgIpc) is 2.84. The predicted octanol–water partition coefficient (Wildman–Crippen LogP) is 4.38. The van der Waals surface area contributed by atoms with Gasteiger partial charge in [-0.05, 0) is 30.5 Å². The Bertz CT molecular complexity index is 307. The van der Waals surface area contributed by atoms with Crippen LogP contribution in [0.4, 0.5) is 0 Å². The summed E-state index contributed by atoms with van der Waals surface area (Å²) in [6.45, 7) is 11.2. The van der Waals surface area contributed by atoms with Crippen LogP contribution in [0.3, 0.4) is 0 Å². The van der Waals surface area contributed by atoms with Gasteiger partial charge >= 0.3 is 0 Å². The van der Waals surface area contributed by atoms with Crippen molar-refractivity contribution >= 4 is 0 Å². The minimum absolute atomic E-state index is 0.531. The van der Waals surface area contributed by atoms with E-state index in [2.05, 4.69) is 56.0 Å². The van der Waals surface area contributed by atoms with Crippen LogP contribution < -0.4 is 5.32 Å². The van der Waals surface area contributed by atoms with Gasteiger partial charge in [-0.25, -0.2) is 0 Å². The summed E-state index contributed by atoms with van der Waals surface area (Å²) >= 11 is 0. The molecule has 1 atom stereocenters. The molecule has 0 aliphatic rings. The Kier molecular flexibility index (Phi) is 7.11. The number of nitrogens with one attached hydrogen (secondary N) is 1. The Morgan fingerprint density at radius 3 is 2.44 bits per heavy atom. The lowest BCUT2D eigenvalue weighted by atomic mass is 10.0. The summed E-state index contributed by atoms with van der Waals surface area (Å²) < 4.78 is 2.37. The van der Waals surface area contributed by atoms with E-state index < -0.39 is 0 Å². The summed E-state index contributed by atoms with van der Waals surface area (Å²) in [7, 11) is 0. The van der Waals surface area contributed by atoms with E-state index in [9.17, 15) is 0 Å². The van der Waals surface area contributed by atoms with Gasteiger partial charge in [0.05, 0.1) is 0 Å². The van der Waals surface area contributed by atoms with Gasteiger partial charge in [0.15, 0.2) is 0 Å². The minimum atomic E-state index is 0.531. The summed E-state index contributed by atoms with van der Waals surface area (Å²) in [6.07, 6.45) is 9.58. The number of hydrogen-bond acceptors (Lipinski definition) is 1. The third-order valence-electron chi connectivity index (χ3n) is 3.83. The highest BCUT2D eigenvalue weighted by molar-refractivity contribution is 5.15. The molecule has 18 heavy (non-hydrogen) atoms. The second-order valence-corrected chi connectivity index (χ2v) is 5.22. The lowest BCUT2D eigenvalue weighted by Gasteiger charge is -2.16. The fraction of sp³-hybridized carbons (Fsp3) is 0.750. The second-order valence-electron chi connectivity index (χ2n) is 5.22. The van der Waals surface area contributed by atoms with Gasteiger partial charge in [0.2, 0.25) is 0 Å². The first-order valence-corrected chi connectivity index (χ1v) is 7.64. The van der Waals surface area contributed by atoms with Crippen molar-refractivity contribution in [3.63, 3.8) is 0 Å². The highest BCUT2D eigenvalue weighted by Crippen LogP contribution is 2.20. The van der Waals surface area contributed by atoms with E-state index in [0.29, 0.717) is 6.04 Å². The van der Waals surface area contributed by atoms with Crippen molar-refractivity contribution in [2.45, 2.75) is 66.0 Å². The van der Waals surface area contributed by atoms with Gasteiger partial charge < -0.3 is 9.88 Å². The molecule has 0 amide bonds. The van der Waals surface area contributed by atoms with Gasteiger partial charge in [0.25, 0.3) is 0 Å². The molecule has 1 aromatic heterocycles. The van der Waals surface area contributed by atoms with Gasteiger partial charge in [0.1, 0.15) is 0 Å². The summed E-state index contributed by atoms with van der Waals surface area (Å²) in [4.78, 5) is 0.